The van der Waals surface area contributed by atoms with Crippen molar-refractivity contribution in [2.45, 2.75) is 328 Å². The topological polar surface area (TPSA) is 72.8 Å². The van der Waals surface area contributed by atoms with Crippen LogP contribution in [0.4, 0.5) is 0 Å². The van der Waals surface area contributed by atoms with Gasteiger partial charge in [0.15, 0.2) is 6.10 Å². The van der Waals surface area contributed by atoms with Crippen LogP contribution in [0.5, 0.6) is 0 Å². The van der Waals surface area contributed by atoms with Crippen LogP contribution in [-0.4, -0.2) is 36.4 Å². The molecule has 0 bridgehead atoms. The highest BCUT2D eigenvalue weighted by atomic mass is 16.6. The maximum absolute atomic E-state index is 12.4. The van der Waals surface area contributed by atoms with Crippen molar-refractivity contribution in [3.63, 3.8) is 0 Å². The second kappa shape index (κ2) is 74.8. The van der Waals surface area contributed by atoms with Crippen molar-refractivity contribution in [2.75, 3.05) is 13.2 Å². The first kappa shape index (κ1) is 81.5. The van der Waals surface area contributed by atoms with Crippen LogP contribution in [0.25, 0.3) is 0 Å². The van der Waals surface area contributed by atoms with Crippen molar-refractivity contribution >= 4 is 11.9 Å². The number of carbonyl (C=O) groups is 2. The van der Waals surface area contributed by atoms with Gasteiger partial charge in [0.1, 0.15) is 6.61 Å². The zero-order valence-corrected chi connectivity index (χ0v) is 56.0. The number of carbonyl (C=O) groups excluding carboxylic acids is 2. The lowest BCUT2D eigenvalue weighted by atomic mass is 10.0. The lowest BCUT2D eigenvalue weighted by Crippen LogP contribution is -2.28. The Bertz CT molecular complexity index is 1830. The summed E-state index contributed by atoms with van der Waals surface area (Å²) < 4.78 is 10.7. The summed E-state index contributed by atoms with van der Waals surface area (Å²) in [5, 5.41) is 9.70. The summed E-state index contributed by atoms with van der Waals surface area (Å²) in [6.45, 7) is 4.01. The molecule has 0 spiro atoms. The molecule has 0 radical (unpaired) electrons. The van der Waals surface area contributed by atoms with Gasteiger partial charge in [-0.25, -0.2) is 0 Å². The molecule has 0 aliphatic heterocycles. The van der Waals surface area contributed by atoms with Crippen LogP contribution < -0.4 is 0 Å². The molecule has 0 saturated carbocycles. The summed E-state index contributed by atoms with van der Waals surface area (Å²) in [4.78, 5) is 24.7. The molecule has 1 atom stereocenters. The van der Waals surface area contributed by atoms with E-state index >= 15 is 0 Å². The molecule has 86 heavy (non-hydrogen) atoms. The van der Waals surface area contributed by atoms with E-state index in [-0.39, 0.29) is 25.2 Å². The fourth-order valence-corrected chi connectivity index (χ4v) is 9.95. The number of hydrogen-bond acceptors (Lipinski definition) is 5. The van der Waals surface area contributed by atoms with Gasteiger partial charge in [-0.15, -0.1) is 0 Å². The van der Waals surface area contributed by atoms with Gasteiger partial charge in [0.2, 0.25) is 0 Å². The molecule has 1 unspecified atom stereocenters. The van der Waals surface area contributed by atoms with Crippen molar-refractivity contribution in [2.24, 2.45) is 0 Å². The van der Waals surface area contributed by atoms with Crippen LogP contribution >= 0.6 is 0 Å². The van der Waals surface area contributed by atoms with Crippen molar-refractivity contribution in [3.05, 3.63) is 158 Å². The van der Waals surface area contributed by atoms with E-state index in [1.807, 2.05) is 0 Å². The fourth-order valence-electron chi connectivity index (χ4n) is 9.95. The standard InChI is InChI=1S/C81H134O5/c1-3-5-7-9-11-13-15-17-19-21-23-25-27-29-31-33-35-37-39-40-42-44-46-48-50-52-54-56-58-60-62-64-66-68-70-72-74-76-81(84)86-79(77-82)78-85-80(83)75-73-71-69-67-65-63-61-59-57-55-53-51-49-47-45-43-41-38-36-34-32-30-28-26-24-22-20-18-16-14-12-10-8-6-4-2/h5,7,11,13,16-19,22-25,29,31,35,37,40,42,46,48,52,54,58,60,64,66,79,82H,3-4,6,8-10,12,14-15,20-21,26-28,30,32-34,36,38-39,41,43-45,47,49-51,53,55-57,59,61-63,65,67-78H2,1-2H3/b7-5-,13-11-,18-16-,19-17-,24-22-,25-23-,31-29-,37-35-,42-40-,48-46-,54-52-,60-58-,66-64-. The van der Waals surface area contributed by atoms with Crippen LogP contribution in [0.3, 0.4) is 0 Å². The van der Waals surface area contributed by atoms with Crippen LogP contribution in [0.1, 0.15) is 322 Å². The summed E-state index contributed by atoms with van der Waals surface area (Å²) in [5.41, 5.74) is 0. The molecule has 0 aliphatic carbocycles. The van der Waals surface area contributed by atoms with Gasteiger partial charge in [0.05, 0.1) is 6.61 Å². The minimum absolute atomic E-state index is 0.0861. The molecule has 0 aromatic rings. The molecule has 5 heteroatoms. The highest BCUT2D eigenvalue weighted by Gasteiger charge is 2.16. The zero-order chi connectivity index (χ0) is 61.9. The molecule has 0 heterocycles. The molecule has 1 N–H and O–H groups in total. The molecule has 0 fully saturated rings. The van der Waals surface area contributed by atoms with Gasteiger partial charge >= 0.3 is 11.9 Å². The number of hydrogen-bond donors (Lipinski definition) is 1. The van der Waals surface area contributed by atoms with Gasteiger partial charge in [-0.3, -0.25) is 9.59 Å². The molecular weight excluding hydrogens is 1050 g/mol. The first-order chi connectivity index (χ1) is 42.6. The number of aliphatic hydroxyl groups excluding tert-OH is 1. The van der Waals surface area contributed by atoms with E-state index in [2.05, 4.69) is 172 Å². The molecule has 0 aliphatic rings. The van der Waals surface area contributed by atoms with Gasteiger partial charge in [0.25, 0.3) is 0 Å². The van der Waals surface area contributed by atoms with E-state index in [4.69, 9.17) is 9.47 Å². The average Bonchev–Trinajstić information content (AvgIpc) is 3.53. The molecule has 0 aromatic heterocycles. The second-order valence-corrected chi connectivity index (χ2v) is 23.6. The third-order valence-corrected chi connectivity index (χ3v) is 15.3. The maximum atomic E-state index is 12.4. The quantitative estimate of drug-likeness (QED) is 0.0373. The van der Waals surface area contributed by atoms with Crippen LogP contribution in [-0.2, 0) is 19.1 Å². The first-order valence-electron chi connectivity index (χ1n) is 36.0. The van der Waals surface area contributed by atoms with Gasteiger partial charge in [-0.05, 0) is 128 Å². The summed E-state index contributed by atoms with van der Waals surface area (Å²) >= 11 is 0. The molecule has 488 valence electrons. The van der Waals surface area contributed by atoms with Crippen molar-refractivity contribution in [3.8, 4) is 0 Å². The van der Waals surface area contributed by atoms with Gasteiger partial charge in [0, 0.05) is 12.8 Å². The highest BCUT2D eigenvalue weighted by Crippen LogP contribution is 2.17. The molecule has 0 rings (SSSR count). The number of unbranched alkanes of at least 4 members (excludes halogenated alkanes) is 31. The third-order valence-electron chi connectivity index (χ3n) is 15.3. The van der Waals surface area contributed by atoms with E-state index < -0.39 is 6.10 Å². The molecule has 0 aromatic carbocycles. The lowest BCUT2D eigenvalue weighted by Gasteiger charge is -2.15. The van der Waals surface area contributed by atoms with E-state index in [0.717, 1.165) is 122 Å². The first-order valence-corrected chi connectivity index (χ1v) is 36.0. The minimum Gasteiger partial charge on any atom is -0.462 e. The fraction of sp³-hybridized carbons (Fsp3) is 0.654. The highest BCUT2D eigenvalue weighted by molar-refractivity contribution is 5.70. The Hall–Kier alpha value is -4.48. The monoisotopic (exact) mass is 1190 g/mol. The Balaban J connectivity index is 3.56. The average molecular weight is 1190 g/mol. The smallest absolute Gasteiger partial charge is 0.306 e. The van der Waals surface area contributed by atoms with E-state index in [9.17, 15) is 14.7 Å². The molecular formula is C81H134O5. The number of rotatable bonds is 65. The van der Waals surface area contributed by atoms with E-state index in [0.29, 0.717) is 12.8 Å². The van der Waals surface area contributed by atoms with Crippen molar-refractivity contribution in [1.82, 2.24) is 0 Å². The minimum atomic E-state index is -0.802. The Morgan fingerprint density at radius 3 is 0.767 bits per heavy atom. The van der Waals surface area contributed by atoms with Crippen molar-refractivity contribution < 1.29 is 24.2 Å². The summed E-state index contributed by atoms with van der Waals surface area (Å²) in [5.74, 6) is -0.628. The zero-order valence-electron chi connectivity index (χ0n) is 56.0. The van der Waals surface area contributed by atoms with Crippen LogP contribution in [0.15, 0.2) is 158 Å². The molecule has 0 saturated heterocycles. The molecule has 0 amide bonds. The summed E-state index contributed by atoms with van der Waals surface area (Å²) in [7, 11) is 0. The van der Waals surface area contributed by atoms with E-state index in [1.54, 1.807) is 0 Å². The third kappa shape index (κ3) is 72.0. The SMILES string of the molecule is CC/C=C\C/C=C\C/C=C\C/C=C\C/C=C\C/C=C\C/C=C\C/C=C\C/C=C\C/C=C\C/C=C\CCCCCC(=O)OC(CO)COC(=O)CCCCCCCCCCCCCCCCCCCCCCCCC/C=C\C/C=C\CCCCCCC. The number of ether oxygens (including phenoxy) is 2. The van der Waals surface area contributed by atoms with Crippen LogP contribution in [0.2, 0.25) is 0 Å². The summed E-state index contributed by atoms with van der Waals surface area (Å²) in [6, 6.07) is 0. The van der Waals surface area contributed by atoms with E-state index in [1.165, 1.54) is 173 Å². The normalized spacial score (nSPS) is 13.2. The Morgan fingerprint density at radius 2 is 0.500 bits per heavy atom. The Kier molecular flexibility index (Phi) is 70.9. The van der Waals surface area contributed by atoms with Crippen LogP contribution in [0, 0.1) is 0 Å². The van der Waals surface area contributed by atoms with Crippen molar-refractivity contribution in [1.29, 1.82) is 0 Å². The van der Waals surface area contributed by atoms with Gasteiger partial charge in [-0.1, -0.05) is 339 Å². The number of aliphatic hydroxyl groups is 1. The van der Waals surface area contributed by atoms with Gasteiger partial charge < -0.3 is 14.6 Å². The Labute approximate surface area is 532 Å². The molecule has 5 nitrogen and oxygen atoms in total. The maximum Gasteiger partial charge on any atom is 0.306 e. The lowest BCUT2D eigenvalue weighted by molar-refractivity contribution is -0.161. The Morgan fingerprint density at radius 1 is 0.279 bits per heavy atom. The number of esters is 2. The number of allylic oxidation sites excluding steroid dienone is 26. The predicted molar refractivity (Wildman–Crippen MR) is 380 cm³/mol. The van der Waals surface area contributed by atoms with Gasteiger partial charge in [-0.2, -0.15) is 0 Å². The second-order valence-electron chi connectivity index (χ2n) is 23.6. The predicted octanol–water partition coefficient (Wildman–Crippen LogP) is 25.4. The largest absolute Gasteiger partial charge is 0.462 e. The summed E-state index contributed by atoms with van der Waals surface area (Å²) in [6.07, 6.45) is 114.